The quantitative estimate of drug-likeness (QED) is 0.720. The highest BCUT2D eigenvalue weighted by Crippen LogP contribution is 2.33. The number of anilines is 2. The molecule has 2 aromatic carbocycles. The standard InChI is InChI=1S/C21H19FN4O3/c1-29-19-13-15(6-9-18(19)25-11-2-3-20(25)27)23-21(28)17-10-12-26(24-17)16-7-4-14(22)5-8-16/h4-10,12-13H,2-3,11H2,1H3,(H,23,28). The molecular formula is C21H19FN4O3. The number of ether oxygens (including phenoxy) is 1. The van der Waals surface area contributed by atoms with Gasteiger partial charge in [-0.3, -0.25) is 9.59 Å². The van der Waals surface area contributed by atoms with Crippen LogP contribution in [0.15, 0.2) is 54.7 Å². The molecule has 148 valence electrons. The summed E-state index contributed by atoms with van der Waals surface area (Å²) < 4.78 is 20.0. The van der Waals surface area contributed by atoms with Crippen LogP contribution in [0.2, 0.25) is 0 Å². The van der Waals surface area contributed by atoms with Crippen LogP contribution in [0.1, 0.15) is 23.3 Å². The third-order valence-electron chi connectivity index (χ3n) is 4.71. The zero-order chi connectivity index (χ0) is 20.4. The Hall–Kier alpha value is -3.68. The van der Waals surface area contributed by atoms with E-state index < -0.39 is 5.91 Å². The molecule has 8 heteroatoms. The van der Waals surface area contributed by atoms with Crippen LogP contribution in [0.25, 0.3) is 5.69 Å². The van der Waals surface area contributed by atoms with E-state index in [1.807, 2.05) is 0 Å². The van der Waals surface area contributed by atoms with Gasteiger partial charge in [0, 0.05) is 30.9 Å². The van der Waals surface area contributed by atoms with E-state index in [4.69, 9.17) is 4.74 Å². The highest BCUT2D eigenvalue weighted by molar-refractivity contribution is 6.03. The molecule has 0 aliphatic carbocycles. The van der Waals surface area contributed by atoms with Gasteiger partial charge in [-0.1, -0.05) is 0 Å². The number of hydrogen-bond acceptors (Lipinski definition) is 4. The third kappa shape index (κ3) is 3.82. The van der Waals surface area contributed by atoms with Gasteiger partial charge in [0.1, 0.15) is 11.6 Å². The second kappa shape index (κ2) is 7.75. The molecule has 1 saturated heterocycles. The van der Waals surface area contributed by atoms with Gasteiger partial charge in [-0.2, -0.15) is 5.10 Å². The second-order valence-electron chi connectivity index (χ2n) is 6.61. The lowest BCUT2D eigenvalue weighted by molar-refractivity contribution is -0.117. The van der Waals surface area contributed by atoms with Crippen molar-refractivity contribution < 1.29 is 18.7 Å². The van der Waals surface area contributed by atoms with E-state index in [0.717, 1.165) is 6.42 Å². The van der Waals surface area contributed by atoms with Crippen molar-refractivity contribution in [3.8, 4) is 11.4 Å². The fourth-order valence-corrected chi connectivity index (χ4v) is 3.26. The molecule has 0 atom stereocenters. The molecule has 1 N–H and O–H groups in total. The van der Waals surface area contributed by atoms with Crippen LogP contribution in [-0.4, -0.2) is 35.2 Å². The van der Waals surface area contributed by atoms with Crippen molar-refractivity contribution in [3.05, 3.63) is 66.2 Å². The number of nitrogens with one attached hydrogen (secondary N) is 1. The molecule has 2 amide bonds. The normalized spacial score (nSPS) is 13.6. The Bertz CT molecular complexity index is 1060. The van der Waals surface area contributed by atoms with E-state index in [-0.39, 0.29) is 17.4 Å². The Kier molecular flexibility index (Phi) is 4.99. The molecule has 1 aliphatic rings. The number of halogens is 1. The van der Waals surface area contributed by atoms with Crippen LogP contribution >= 0.6 is 0 Å². The van der Waals surface area contributed by atoms with Gasteiger partial charge in [-0.15, -0.1) is 0 Å². The average Bonchev–Trinajstić information content (AvgIpc) is 3.38. The Morgan fingerprint density at radius 1 is 1.17 bits per heavy atom. The summed E-state index contributed by atoms with van der Waals surface area (Å²) in [6.07, 6.45) is 2.97. The monoisotopic (exact) mass is 394 g/mol. The molecule has 3 aromatic rings. The second-order valence-corrected chi connectivity index (χ2v) is 6.61. The van der Waals surface area contributed by atoms with Gasteiger partial charge in [0.15, 0.2) is 5.69 Å². The Balaban J connectivity index is 1.51. The molecule has 29 heavy (non-hydrogen) atoms. The van der Waals surface area contributed by atoms with Crippen molar-refractivity contribution in [3.63, 3.8) is 0 Å². The number of nitrogens with zero attached hydrogens (tertiary/aromatic N) is 3. The molecule has 0 saturated carbocycles. The van der Waals surface area contributed by atoms with Gasteiger partial charge >= 0.3 is 0 Å². The van der Waals surface area contributed by atoms with Crippen molar-refractivity contribution >= 4 is 23.2 Å². The van der Waals surface area contributed by atoms with Crippen molar-refractivity contribution in [2.75, 3.05) is 23.9 Å². The van der Waals surface area contributed by atoms with Crippen LogP contribution in [0.4, 0.5) is 15.8 Å². The van der Waals surface area contributed by atoms with Gasteiger partial charge in [0.25, 0.3) is 5.91 Å². The van der Waals surface area contributed by atoms with Crippen molar-refractivity contribution in [2.45, 2.75) is 12.8 Å². The first-order valence-corrected chi connectivity index (χ1v) is 9.16. The maximum absolute atomic E-state index is 13.1. The summed E-state index contributed by atoms with van der Waals surface area (Å²) >= 11 is 0. The lowest BCUT2D eigenvalue weighted by atomic mass is 10.2. The molecule has 0 unspecified atom stereocenters. The van der Waals surface area contributed by atoms with Crippen molar-refractivity contribution in [1.29, 1.82) is 0 Å². The van der Waals surface area contributed by atoms with Crippen LogP contribution < -0.4 is 15.0 Å². The van der Waals surface area contributed by atoms with Gasteiger partial charge in [0.05, 0.1) is 18.5 Å². The molecule has 4 rings (SSSR count). The highest BCUT2D eigenvalue weighted by Gasteiger charge is 2.24. The number of carbonyl (C=O) groups excluding carboxylic acids is 2. The number of carbonyl (C=O) groups is 2. The summed E-state index contributed by atoms with van der Waals surface area (Å²) in [6.45, 7) is 0.654. The predicted molar refractivity (Wildman–Crippen MR) is 106 cm³/mol. The van der Waals surface area contributed by atoms with E-state index in [0.29, 0.717) is 35.8 Å². The summed E-state index contributed by atoms with van der Waals surface area (Å²) in [4.78, 5) is 26.2. The van der Waals surface area contributed by atoms with Crippen molar-refractivity contribution in [1.82, 2.24) is 9.78 Å². The number of aromatic nitrogens is 2. The smallest absolute Gasteiger partial charge is 0.276 e. The molecule has 2 heterocycles. The van der Waals surface area contributed by atoms with E-state index in [2.05, 4.69) is 10.4 Å². The predicted octanol–water partition coefficient (Wildman–Crippen LogP) is 3.40. The Morgan fingerprint density at radius 2 is 1.97 bits per heavy atom. The molecular weight excluding hydrogens is 375 g/mol. The van der Waals surface area contributed by atoms with Crippen molar-refractivity contribution in [2.24, 2.45) is 0 Å². The molecule has 0 radical (unpaired) electrons. The maximum atomic E-state index is 13.1. The minimum atomic E-state index is -0.391. The van der Waals surface area contributed by atoms with Gasteiger partial charge in [-0.05, 0) is 48.9 Å². The van der Waals surface area contributed by atoms with E-state index in [9.17, 15) is 14.0 Å². The first-order valence-electron chi connectivity index (χ1n) is 9.16. The van der Waals surface area contributed by atoms with Crippen LogP contribution in [0.5, 0.6) is 5.75 Å². The number of rotatable bonds is 5. The third-order valence-corrected chi connectivity index (χ3v) is 4.71. The summed E-state index contributed by atoms with van der Waals surface area (Å²) in [6, 6.07) is 12.5. The van der Waals surface area contributed by atoms with Crippen LogP contribution in [0, 0.1) is 5.82 Å². The molecule has 1 aliphatic heterocycles. The average molecular weight is 394 g/mol. The van der Waals surface area contributed by atoms with Gasteiger partial charge < -0.3 is 15.0 Å². The number of amides is 2. The molecule has 0 spiro atoms. The zero-order valence-electron chi connectivity index (χ0n) is 15.8. The minimum absolute atomic E-state index is 0.0615. The fourth-order valence-electron chi connectivity index (χ4n) is 3.26. The van der Waals surface area contributed by atoms with Gasteiger partial charge in [0.2, 0.25) is 5.91 Å². The molecule has 1 fully saturated rings. The topological polar surface area (TPSA) is 76.5 Å². The summed E-state index contributed by atoms with van der Waals surface area (Å²) in [7, 11) is 1.52. The molecule has 1 aromatic heterocycles. The largest absolute Gasteiger partial charge is 0.494 e. The molecule has 0 bridgehead atoms. The SMILES string of the molecule is COc1cc(NC(=O)c2ccn(-c3ccc(F)cc3)n2)ccc1N1CCCC1=O. The molecule has 7 nitrogen and oxygen atoms in total. The summed E-state index contributed by atoms with van der Waals surface area (Å²) in [5, 5.41) is 7.02. The number of methoxy groups -OCH3 is 1. The van der Waals surface area contributed by atoms with Crippen LogP contribution in [-0.2, 0) is 4.79 Å². The summed E-state index contributed by atoms with van der Waals surface area (Å²) in [5.74, 6) is -0.161. The van der Waals surface area contributed by atoms with E-state index >= 15 is 0 Å². The highest BCUT2D eigenvalue weighted by atomic mass is 19.1. The number of hydrogen-bond donors (Lipinski definition) is 1. The first-order chi connectivity index (χ1) is 14.0. The zero-order valence-corrected chi connectivity index (χ0v) is 15.8. The Morgan fingerprint density at radius 3 is 2.66 bits per heavy atom. The number of benzene rings is 2. The fraction of sp³-hybridized carbons (Fsp3) is 0.190. The van der Waals surface area contributed by atoms with Crippen LogP contribution in [0.3, 0.4) is 0 Å². The van der Waals surface area contributed by atoms with Gasteiger partial charge in [-0.25, -0.2) is 9.07 Å². The minimum Gasteiger partial charge on any atom is -0.494 e. The lowest BCUT2D eigenvalue weighted by Crippen LogP contribution is -2.24. The van der Waals surface area contributed by atoms with E-state index in [1.165, 1.54) is 23.9 Å². The van der Waals surface area contributed by atoms with E-state index in [1.54, 1.807) is 47.5 Å². The lowest BCUT2D eigenvalue weighted by Gasteiger charge is -2.19. The maximum Gasteiger partial charge on any atom is 0.276 e. The first kappa shape index (κ1) is 18.7. The summed E-state index contributed by atoms with van der Waals surface area (Å²) in [5.41, 5.74) is 2.08. The Labute approximate surface area is 166 Å².